The van der Waals surface area contributed by atoms with Crippen LogP contribution in [0.5, 0.6) is 0 Å². The first kappa shape index (κ1) is 17.1. The summed E-state index contributed by atoms with van der Waals surface area (Å²) in [4.78, 5) is 11.9. The number of hydrogen-bond acceptors (Lipinski definition) is 3. The van der Waals surface area contributed by atoms with Crippen molar-refractivity contribution < 1.29 is 17.6 Å². The Labute approximate surface area is 152 Å². The molecule has 0 spiro atoms. The number of anilines is 1. The van der Waals surface area contributed by atoms with Crippen molar-refractivity contribution in [2.45, 2.75) is 12.7 Å². The summed E-state index contributed by atoms with van der Waals surface area (Å²) in [5.41, 5.74) is 0.555. The van der Waals surface area contributed by atoms with Crippen LogP contribution in [0, 0.1) is 0 Å². The lowest BCUT2D eigenvalue weighted by atomic mass is 10.0. The van der Waals surface area contributed by atoms with Gasteiger partial charge in [0.15, 0.2) is 0 Å². The number of alkyl halides is 3. The Hall–Kier alpha value is -3.28. The quantitative estimate of drug-likeness (QED) is 0.379. The molecule has 0 fully saturated rings. The molecule has 6 heteroatoms. The van der Waals surface area contributed by atoms with Crippen LogP contribution >= 0.6 is 0 Å². The maximum atomic E-state index is 12.7. The molecule has 1 aromatic heterocycles. The molecule has 0 aliphatic heterocycles. The fourth-order valence-corrected chi connectivity index (χ4v) is 3.13. The Kier molecular flexibility index (Phi) is 4.11. The summed E-state index contributed by atoms with van der Waals surface area (Å²) in [6.07, 6.45) is -4.37. The van der Waals surface area contributed by atoms with Crippen LogP contribution in [0.25, 0.3) is 21.7 Å². The third-order valence-corrected chi connectivity index (χ3v) is 4.41. The second-order valence-electron chi connectivity index (χ2n) is 6.18. The molecule has 0 saturated carbocycles. The molecule has 0 amide bonds. The molecule has 0 saturated heterocycles. The zero-order valence-electron chi connectivity index (χ0n) is 14.0. The molecule has 0 radical (unpaired) electrons. The third-order valence-electron chi connectivity index (χ3n) is 4.41. The number of nitrogens with one attached hydrogen (secondary N) is 1. The van der Waals surface area contributed by atoms with E-state index in [0.29, 0.717) is 11.3 Å². The molecule has 136 valence electrons. The average molecular weight is 369 g/mol. The van der Waals surface area contributed by atoms with Gasteiger partial charge in [-0.3, -0.25) is 0 Å². The van der Waals surface area contributed by atoms with Crippen LogP contribution in [0.4, 0.5) is 18.9 Å². The number of rotatable bonds is 3. The number of fused-ring (bicyclic) bond motifs is 3. The van der Waals surface area contributed by atoms with E-state index in [1.54, 1.807) is 6.07 Å². The first-order valence-corrected chi connectivity index (χ1v) is 8.27. The molecule has 27 heavy (non-hydrogen) atoms. The van der Waals surface area contributed by atoms with Gasteiger partial charge in [-0.15, -0.1) is 0 Å². The molecule has 0 aliphatic carbocycles. The van der Waals surface area contributed by atoms with Gasteiger partial charge in [0.2, 0.25) is 0 Å². The van der Waals surface area contributed by atoms with Gasteiger partial charge in [-0.05, 0) is 46.7 Å². The summed E-state index contributed by atoms with van der Waals surface area (Å²) in [7, 11) is 0. The predicted molar refractivity (Wildman–Crippen MR) is 98.8 cm³/mol. The summed E-state index contributed by atoms with van der Waals surface area (Å²) in [5.74, 6) is 0. The molecule has 1 N–H and O–H groups in total. The third kappa shape index (κ3) is 3.38. The minimum absolute atomic E-state index is 0.279. The maximum Gasteiger partial charge on any atom is 0.416 e. The summed E-state index contributed by atoms with van der Waals surface area (Å²) in [6.45, 7) is 0.279. The highest BCUT2D eigenvalue weighted by atomic mass is 19.4. The summed E-state index contributed by atoms with van der Waals surface area (Å²) < 4.78 is 43.3. The minimum Gasteiger partial charge on any atom is -0.423 e. The highest BCUT2D eigenvalue weighted by molar-refractivity contribution is 6.07. The van der Waals surface area contributed by atoms with Gasteiger partial charge in [-0.2, -0.15) is 13.2 Å². The zero-order valence-corrected chi connectivity index (χ0v) is 14.0. The molecule has 4 aromatic rings. The highest BCUT2D eigenvalue weighted by Crippen LogP contribution is 2.30. The topological polar surface area (TPSA) is 42.2 Å². The van der Waals surface area contributed by atoms with E-state index in [9.17, 15) is 18.0 Å². The van der Waals surface area contributed by atoms with E-state index in [4.69, 9.17) is 4.42 Å². The molecule has 0 aliphatic rings. The van der Waals surface area contributed by atoms with Crippen LogP contribution in [0.3, 0.4) is 0 Å². The van der Waals surface area contributed by atoms with Gasteiger partial charge in [-0.1, -0.05) is 30.3 Å². The van der Waals surface area contributed by atoms with Crippen molar-refractivity contribution in [1.29, 1.82) is 0 Å². The fourth-order valence-electron chi connectivity index (χ4n) is 3.13. The Morgan fingerprint density at radius 1 is 0.926 bits per heavy atom. The van der Waals surface area contributed by atoms with Gasteiger partial charge in [0.05, 0.1) is 5.56 Å². The van der Waals surface area contributed by atoms with Crippen molar-refractivity contribution in [2.24, 2.45) is 0 Å². The highest BCUT2D eigenvalue weighted by Gasteiger charge is 2.29. The van der Waals surface area contributed by atoms with Gasteiger partial charge in [-0.25, -0.2) is 4.79 Å². The molecular weight excluding hydrogens is 355 g/mol. The fraction of sp³-hybridized carbons (Fsp3) is 0.0952. The molecule has 4 rings (SSSR count). The first-order valence-electron chi connectivity index (χ1n) is 8.27. The molecule has 1 heterocycles. The molecule has 3 aromatic carbocycles. The second-order valence-corrected chi connectivity index (χ2v) is 6.18. The van der Waals surface area contributed by atoms with Crippen molar-refractivity contribution in [3.8, 4) is 0 Å². The minimum atomic E-state index is -4.37. The normalized spacial score (nSPS) is 11.8. The molecular formula is C21H14F3NO2. The first-order chi connectivity index (χ1) is 12.9. The van der Waals surface area contributed by atoms with Gasteiger partial charge in [0, 0.05) is 23.7 Å². The van der Waals surface area contributed by atoms with E-state index in [1.165, 1.54) is 18.2 Å². The SMILES string of the molecule is O=c1cc(CNc2ccc(C(F)(F)F)cc2)c2c(ccc3ccccc32)o1. The molecule has 0 unspecified atom stereocenters. The predicted octanol–water partition coefficient (Wildman–Crippen LogP) is 5.58. The largest absolute Gasteiger partial charge is 0.423 e. The van der Waals surface area contributed by atoms with E-state index in [-0.39, 0.29) is 6.54 Å². The zero-order chi connectivity index (χ0) is 19.0. The van der Waals surface area contributed by atoms with Crippen LogP contribution in [0.2, 0.25) is 0 Å². The Bertz CT molecular complexity index is 1180. The van der Waals surface area contributed by atoms with Crippen molar-refractivity contribution in [2.75, 3.05) is 5.32 Å². The summed E-state index contributed by atoms with van der Waals surface area (Å²) in [6, 6.07) is 17.6. The number of halogens is 3. The van der Waals surface area contributed by atoms with Crippen LogP contribution in [-0.4, -0.2) is 0 Å². The van der Waals surface area contributed by atoms with Gasteiger partial charge >= 0.3 is 11.8 Å². The van der Waals surface area contributed by atoms with E-state index in [0.717, 1.165) is 33.9 Å². The Morgan fingerprint density at radius 2 is 1.67 bits per heavy atom. The molecule has 0 atom stereocenters. The van der Waals surface area contributed by atoms with Gasteiger partial charge < -0.3 is 9.73 Å². The monoisotopic (exact) mass is 369 g/mol. The van der Waals surface area contributed by atoms with Crippen molar-refractivity contribution in [3.63, 3.8) is 0 Å². The van der Waals surface area contributed by atoms with Gasteiger partial charge in [0.1, 0.15) is 5.58 Å². The maximum absolute atomic E-state index is 12.7. The van der Waals surface area contributed by atoms with Crippen molar-refractivity contribution >= 4 is 27.4 Å². The lowest BCUT2D eigenvalue weighted by Crippen LogP contribution is -2.07. The van der Waals surface area contributed by atoms with Crippen molar-refractivity contribution in [1.82, 2.24) is 0 Å². The smallest absolute Gasteiger partial charge is 0.416 e. The van der Waals surface area contributed by atoms with Crippen LogP contribution in [-0.2, 0) is 12.7 Å². The van der Waals surface area contributed by atoms with Crippen LogP contribution in [0.1, 0.15) is 11.1 Å². The van der Waals surface area contributed by atoms with Gasteiger partial charge in [0.25, 0.3) is 0 Å². The molecule has 3 nitrogen and oxygen atoms in total. The van der Waals surface area contributed by atoms with Crippen molar-refractivity contribution in [3.05, 3.63) is 88.3 Å². The van der Waals surface area contributed by atoms with E-state index in [2.05, 4.69) is 5.32 Å². The summed E-state index contributed by atoms with van der Waals surface area (Å²) >= 11 is 0. The lowest BCUT2D eigenvalue weighted by Gasteiger charge is -2.12. The van der Waals surface area contributed by atoms with Crippen LogP contribution < -0.4 is 10.9 Å². The summed E-state index contributed by atoms with van der Waals surface area (Å²) in [5, 5.41) is 5.84. The van der Waals surface area contributed by atoms with E-state index >= 15 is 0 Å². The average Bonchev–Trinajstić information content (AvgIpc) is 2.65. The standard InChI is InChI=1S/C21H14F3NO2/c22-21(23,24)15-6-8-16(9-7-15)25-12-14-11-19(26)27-18-10-5-13-3-1-2-4-17(13)20(14)18/h1-11,25H,12H2. The number of hydrogen-bond donors (Lipinski definition) is 1. The van der Waals surface area contributed by atoms with Crippen LogP contribution in [0.15, 0.2) is 75.9 Å². The Balaban J connectivity index is 1.71. The molecule has 0 bridgehead atoms. The Morgan fingerprint density at radius 3 is 2.41 bits per heavy atom. The van der Waals surface area contributed by atoms with E-state index < -0.39 is 17.4 Å². The number of benzene rings is 3. The second kappa shape index (κ2) is 6.46. The van der Waals surface area contributed by atoms with E-state index in [1.807, 2.05) is 30.3 Å². The lowest BCUT2D eigenvalue weighted by molar-refractivity contribution is -0.137.